The van der Waals surface area contributed by atoms with Crippen LogP contribution in [0.15, 0.2) is 22.7 Å². The third-order valence-corrected chi connectivity index (χ3v) is 5.55. The second-order valence-electron chi connectivity index (χ2n) is 6.23. The summed E-state index contributed by atoms with van der Waals surface area (Å²) in [6.45, 7) is 7.73. The smallest absolute Gasteiger partial charge is 0.123 e. The maximum atomic E-state index is 13.6. The average Bonchev–Trinajstić information content (AvgIpc) is 2.42. The molecule has 0 aliphatic heterocycles. The molecule has 0 heterocycles. The summed E-state index contributed by atoms with van der Waals surface area (Å²) in [5.41, 5.74) is 1.07. The molecule has 112 valence electrons. The molecule has 0 amide bonds. The summed E-state index contributed by atoms with van der Waals surface area (Å²) < 4.78 is 14.6. The number of hydrogen-bond acceptors (Lipinski definition) is 1. The van der Waals surface area contributed by atoms with E-state index in [1.807, 2.05) is 6.07 Å². The molecular weight excluding hydrogens is 317 g/mol. The first-order chi connectivity index (χ1) is 9.52. The van der Waals surface area contributed by atoms with Crippen LogP contribution in [0.1, 0.15) is 51.6 Å². The summed E-state index contributed by atoms with van der Waals surface area (Å²) in [5, 5.41) is 3.58. The van der Waals surface area contributed by atoms with Gasteiger partial charge in [0.1, 0.15) is 5.82 Å². The van der Waals surface area contributed by atoms with E-state index < -0.39 is 0 Å². The Labute approximate surface area is 130 Å². The van der Waals surface area contributed by atoms with Crippen LogP contribution in [0.2, 0.25) is 0 Å². The summed E-state index contributed by atoms with van der Waals surface area (Å²) >= 11 is 3.59. The number of hydrogen-bond donors (Lipinski definition) is 1. The Morgan fingerprint density at radius 3 is 2.70 bits per heavy atom. The fourth-order valence-corrected chi connectivity index (χ4v) is 3.89. The van der Waals surface area contributed by atoms with Crippen LogP contribution in [0, 0.1) is 23.6 Å². The molecule has 3 heteroatoms. The fourth-order valence-electron chi connectivity index (χ4n) is 3.40. The molecule has 0 bridgehead atoms. The van der Waals surface area contributed by atoms with Crippen molar-refractivity contribution in [2.45, 2.75) is 46.1 Å². The molecule has 20 heavy (non-hydrogen) atoms. The normalized spacial score (nSPS) is 28.4. The Morgan fingerprint density at radius 2 is 2.05 bits per heavy atom. The molecule has 1 aromatic carbocycles. The number of nitrogens with one attached hydrogen (secondary N) is 1. The van der Waals surface area contributed by atoms with Gasteiger partial charge in [-0.2, -0.15) is 0 Å². The monoisotopic (exact) mass is 341 g/mol. The molecule has 4 unspecified atom stereocenters. The number of benzene rings is 1. The molecule has 1 aliphatic rings. The molecule has 0 spiro atoms. The van der Waals surface area contributed by atoms with Gasteiger partial charge in [0, 0.05) is 10.5 Å². The van der Waals surface area contributed by atoms with Crippen LogP contribution in [0.4, 0.5) is 4.39 Å². The third-order valence-electron chi connectivity index (χ3n) is 4.83. The van der Waals surface area contributed by atoms with Crippen LogP contribution in [0.3, 0.4) is 0 Å². The van der Waals surface area contributed by atoms with Gasteiger partial charge in [-0.3, -0.25) is 0 Å². The highest BCUT2D eigenvalue weighted by Crippen LogP contribution is 2.41. The topological polar surface area (TPSA) is 12.0 Å². The molecule has 1 aliphatic carbocycles. The number of rotatable bonds is 4. The van der Waals surface area contributed by atoms with Crippen molar-refractivity contribution in [2.24, 2.45) is 17.8 Å². The summed E-state index contributed by atoms with van der Waals surface area (Å²) in [4.78, 5) is 0. The Bertz CT molecular complexity index is 449. The minimum atomic E-state index is -0.150. The molecule has 0 aromatic heterocycles. The van der Waals surface area contributed by atoms with Gasteiger partial charge in [-0.1, -0.05) is 43.1 Å². The van der Waals surface area contributed by atoms with Gasteiger partial charge in [-0.15, -0.1) is 0 Å². The van der Waals surface area contributed by atoms with Gasteiger partial charge in [0.25, 0.3) is 0 Å². The SMILES string of the molecule is CCNC(c1cc(F)ccc1Br)C1CCC(C)C(C)C1. The van der Waals surface area contributed by atoms with Gasteiger partial charge in [0.15, 0.2) is 0 Å². The molecule has 1 fully saturated rings. The predicted octanol–water partition coefficient (Wildman–Crippen LogP) is 5.31. The lowest BCUT2D eigenvalue weighted by Crippen LogP contribution is -2.33. The molecular formula is C17H25BrFN. The molecule has 1 aromatic rings. The van der Waals surface area contributed by atoms with Crippen molar-refractivity contribution in [3.8, 4) is 0 Å². The minimum Gasteiger partial charge on any atom is -0.310 e. The van der Waals surface area contributed by atoms with Crippen molar-refractivity contribution in [3.63, 3.8) is 0 Å². The second-order valence-corrected chi connectivity index (χ2v) is 7.08. The largest absolute Gasteiger partial charge is 0.310 e. The lowest BCUT2D eigenvalue weighted by atomic mass is 9.72. The van der Waals surface area contributed by atoms with Crippen molar-refractivity contribution in [2.75, 3.05) is 6.54 Å². The highest BCUT2D eigenvalue weighted by Gasteiger charge is 2.31. The van der Waals surface area contributed by atoms with Gasteiger partial charge in [0.05, 0.1) is 0 Å². The quantitative estimate of drug-likeness (QED) is 0.782. The fraction of sp³-hybridized carbons (Fsp3) is 0.647. The summed E-state index contributed by atoms with van der Waals surface area (Å²) in [6.07, 6.45) is 3.73. The summed E-state index contributed by atoms with van der Waals surface area (Å²) in [6, 6.07) is 5.27. The van der Waals surface area contributed by atoms with Crippen LogP contribution >= 0.6 is 15.9 Å². The Morgan fingerprint density at radius 1 is 1.30 bits per heavy atom. The molecule has 0 saturated heterocycles. The minimum absolute atomic E-state index is 0.150. The van der Waals surface area contributed by atoms with E-state index in [1.165, 1.54) is 25.3 Å². The maximum absolute atomic E-state index is 13.6. The summed E-state index contributed by atoms with van der Waals surface area (Å²) in [7, 11) is 0. The van der Waals surface area contributed by atoms with Crippen LogP contribution in [-0.4, -0.2) is 6.54 Å². The van der Waals surface area contributed by atoms with E-state index in [0.29, 0.717) is 5.92 Å². The van der Waals surface area contributed by atoms with E-state index in [4.69, 9.17) is 0 Å². The van der Waals surface area contributed by atoms with E-state index in [2.05, 4.69) is 42.0 Å². The lowest BCUT2D eigenvalue weighted by molar-refractivity contribution is 0.171. The molecule has 2 rings (SSSR count). The van der Waals surface area contributed by atoms with Crippen molar-refractivity contribution < 1.29 is 4.39 Å². The molecule has 1 nitrogen and oxygen atoms in total. The highest BCUT2D eigenvalue weighted by molar-refractivity contribution is 9.10. The van der Waals surface area contributed by atoms with E-state index in [9.17, 15) is 4.39 Å². The standard InChI is InChI=1S/C17H25BrFN/c1-4-20-17(13-6-5-11(2)12(3)9-13)15-10-14(19)7-8-16(15)18/h7-8,10-13,17,20H,4-6,9H2,1-3H3. The first kappa shape index (κ1) is 16.0. The Hall–Kier alpha value is -0.410. The first-order valence-corrected chi connectivity index (χ1v) is 8.50. The van der Waals surface area contributed by atoms with E-state index in [1.54, 1.807) is 6.07 Å². The maximum Gasteiger partial charge on any atom is 0.123 e. The van der Waals surface area contributed by atoms with E-state index in [0.717, 1.165) is 28.4 Å². The van der Waals surface area contributed by atoms with Gasteiger partial charge in [-0.05, 0) is 60.9 Å². The Balaban J connectivity index is 2.24. The lowest BCUT2D eigenvalue weighted by Gasteiger charge is -2.37. The van der Waals surface area contributed by atoms with Gasteiger partial charge in [-0.25, -0.2) is 4.39 Å². The second kappa shape index (κ2) is 7.04. The van der Waals surface area contributed by atoms with Gasteiger partial charge >= 0.3 is 0 Å². The van der Waals surface area contributed by atoms with E-state index in [-0.39, 0.29) is 11.9 Å². The van der Waals surface area contributed by atoms with Crippen molar-refractivity contribution >= 4 is 15.9 Å². The van der Waals surface area contributed by atoms with Crippen molar-refractivity contribution in [1.82, 2.24) is 5.32 Å². The van der Waals surface area contributed by atoms with Crippen LogP contribution in [-0.2, 0) is 0 Å². The zero-order valence-electron chi connectivity index (χ0n) is 12.6. The highest BCUT2D eigenvalue weighted by atomic mass is 79.9. The molecule has 0 radical (unpaired) electrons. The van der Waals surface area contributed by atoms with Gasteiger partial charge in [0.2, 0.25) is 0 Å². The Kier molecular flexibility index (Phi) is 5.62. The van der Waals surface area contributed by atoms with E-state index >= 15 is 0 Å². The zero-order valence-corrected chi connectivity index (χ0v) is 14.2. The van der Waals surface area contributed by atoms with Gasteiger partial charge < -0.3 is 5.32 Å². The van der Waals surface area contributed by atoms with Crippen LogP contribution in [0.25, 0.3) is 0 Å². The third kappa shape index (κ3) is 3.62. The van der Waals surface area contributed by atoms with Crippen LogP contribution < -0.4 is 5.32 Å². The van der Waals surface area contributed by atoms with Crippen molar-refractivity contribution in [3.05, 3.63) is 34.1 Å². The van der Waals surface area contributed by atoms with Crippen LogP contribution in [0.5, 0.6) is 0 Å². The molecule has 4 atom stereocenters. The van der Waals surface area contributed by atoms with Crippen molar-refractivity contribution in [1.29, 1.82) is 0 Å². The average molecular weight is 342 g/mol. The first-order valence-electron chi connectivity index (χ1n) is 7.71. The zero-order chi connectivity index (χ0) is 14.7. The summed E-state index contributed by atoms with van der Waals surface area (Å²) in [5.74, 6) is 2.01. The molecule has 1 saturated carbocycles. The molecule has 1 N–H and O–H groups in total. The number of halogens is 2. The predicted molar refractivity (Wildman–Crippen MR) is 86.2 cm³/mol.